The molecule has 8 nitrogen and oxygen atoms in total. The van der Waals surface area contributed by atoms with Crippen molar-refractivity contribution in [3.63, 3.8) is 0 Å². The van der Waals surface area contributed by atoms with E-state index in [1.54, 1.807) is 12.1 Å². The van der Waals surface area contributed by atoms with Crippen molar-refractivity contribution in [2.45, 2.75) is 25.7 Å². The van der Waals surface area contributed by atoms with Crippen molar-refractivity contribution < 1.29 is 9.90 Å². The number of fused-ring (bicyclic) bond motifs is 2. The molecule has 0 bridgehead atoms. The molecular formula is C17H16N4O4. The van der Waals surface area contributed by atoms with Crippen LogP contribution in [0.4, 0.5) is 5.69 Å². The van der Waals surface area contributed by atoms with Crippen LogP contribution < -0.4 is 16.4 Å². The van der Waals surface area contributed by atoms with E-state index < -0.39 is 11.5 Å². The Balaban J connectivity index is 1.85. The molecule has 0 spiro atoms. The average Bonchev–Trinajstić information content (AvgIpc) is 2.93. The number of benzene rings is 1. The summed E-state index contributed by atoms with van der Waals surface area (Å²) in [6, 6.07) is 6.21. The van der Waals surface area contributed by atoms with Crippen LogP contribution in [-0.2, 0) is 12.8 Å². The summed E-state index contributed by atoms with van der Waals surface area (Å²) in [5, 5.41) is 14.7. The highest BCUT2D eigenvalue weighted by Gasteiger charge is 2.23. The van der Waals surface area contributed by atoms with Gasteiger partial charge in [0, 0.05) is 11.3 Å². The lowest BCUT2D eigenvalue weighted by atomic mass is 9.97. The number of H-pyrrole nitrogens is 2. The molecule has 2 aromatic heterocycles. The molecule has 0 saturated heterocycles. The largest absolute Gasteiger partial charge is 0.506 e. The van der Waals surface area contributed by atoms with Crippen LogP contribution in [0.15, 0.2) is 33.9 Å². The van der Waals surface area contributed by atoms with E-state index in [0.29, 0.717) is 18.4 Å². The standard InChI is InChI=1S/C17H16N4O4/c22-12-8-4-3-7-11(12)19-15(23)13-14-18-10-6-2-1-5-9(10)17(25)21(14)20-16(13)24/h3-4,7-8,18,22H,1-2,5-6H2,(H,19,23)(H,20,24). The number of aromatic nitrogens is 3. The third kappa shape index (κ3) is 2.42. The zero-order chi connectivity index (χ0) is 17.6. The van der Waals surface area contributed by atoms with Crippen LogP contribution in [0.5, 0.6) is 5.75 Å². The molecule has 0 fully saturated rings. The van der Waals surface area contributed by atoms with Gasteiger partial charge in [0.2, 0.25) is 0 Å². The number of hydrogen-bond acceptors (Lipinski definition) is 4. The number of aromatic hydroxyl groups is 1. The fourth-order valence-electron chi connectivity index (χ4n) is 3.24. The summed E-state index contributed by atoms with van der Waals surface area (Å²) in [6.07, 6.45) is 3.24. The minimum absolute atomic E-state index is 0.110. The molecule has 0 radical (unpaired) electrons. The Morgan fingerprint density at radius 3 is 2.72 bits per heavy atom. The van der Waals surface area contributed by atoms with E-state index in [1.807, 2.05) is 0 Å². The van der Waals surface area contributed by atoms with Crippen molar-refractivity contribution in [2.24, 2.45) is 0 Å². The number of aromatic amines is 2. The number of rotatable bonds is 2. The Hall–Kier alpha value is -3.29. The molecule has 3 aromatic rings. The normalized spacial score (nSPS) is 13.6. The number of aryl methyl sites for hydroxylation is 1. The maximum atomic E-state index is 12.6. The molecule has 1 aliphatic rings. The van der Waals surface area contributed by atoms with Gasteiger partial charge in [0.25, 0.3) is 17.0 Å². The molecule has 1 aromatic carbocycles. The molecule has 0 saturated carbocycles. The zero-order valence-electron chi connectivity index (χ0n) is 13.3. The van der Waals surface area contributed by atoms with Gasteiger partial charge in [-0.05, 0) is 37.8 Å². The highest BCUT2D eigenvalue weighted by molar-refractivity contribution is 6.08. The van der Waals surface area contributed by atoms with E-state index in [4.69, 9.17) is 0 Å². The van der Waals surface area contributed by atoms with Crippen LogP contribution in [0.25, 0.3) is 5.65 Å². The first-order valence-corrected chi connectivity index (χ1v) is 8.04. The van der Waals surface area contributed by atoms with Gasteiger partial charge >= 0.3 is 0 Å². The molecule has 25 heavy (non-hydrogen) atoms. The Kier molecular flexibility index (Phi) is 3.45. The quantitative estimate of drug-likeness (QED) is 0.523. The van der Waals surface area contributed by atoms with Gasteiger partial charge in [-0.3, -0.25) is 19.5 Å². The lowest BCUT2D eigenvalue weighted by molar-refractivity contribution is 0.102. The van der Waals surface area contributed by atoms with Crippen LogP contribution in [0.1, 0.15) is 34.5 Å². The van der Waals surface area contributed by atoms with Crippen LogP contribution in [0.2, 0.25) is 0 Å². The number of amides is 1. The van der Waals surface area contributed by atoms with Gasteiger partial charge in [0.15, 0.2) is 5.65 Å². The monoisotopic (exact) mass is 340 g/mol. The number of nitrogens with one attached hydrogen (secondary N) is 3. The SMILES string of the molecule is O=C(Nc1ccccc1O)c1c(=O)[nH]n2c(=O)c3c([nH]c12)CCCC3. The van der Waals surface area contributed by atoms with Crippen molar-refractivity contribution in [2.75, 3.05) is 5.32 Å². The zero-order valence-corrected chi connectivity index (χ0v) is 13.3. The molecule has 8 heteroatoms. The minimum atomic E-state index is -0.698. The summed E-state index contributed by atoms with van der Waals surface area (Å²) < 4.78 is 1.09. The van der Waals surface area contributed by atoms with Crippen molar-refractivity contribution in [1.82, 2.24) is 14.6 Å². The molecule has 4 rings (SSSR count). The predicted octanol–water partition coefficient (Wildman–Crippen LogP) is 1.15. The number of anilines is 1. The number of phenolic OH excluding ortho intramolecular Hbond substituents is 1. The predicted molar refractivity (Wildman–Crippen MR) is 91.3 cm³/mol. The Morgan fingerprint density at radius 1 is 1.16 bits per heavy atom. The first-order chi connectivity index (χ1) is 12.1. The maximum absolute atomic E-state index is 12.6. The second-order valence-electron chi connectivity index (χ2n) is 6.07. The average molecular weight is 340 g/mol. The Labute approximate surface area is 141 Å². The van der Waals surface area contributed by atoms with Gasteiger partial charge in [0.05, 0.1) is 5.69 Å². The van der Waals surface area contributed by atoms with Crippen molar-refractivity contribution in [1.29, 1.82) is 0 Å². The fourth-order valence-corrected chi connectivity index (χ4v) is 3.24. The second-order valence-corrected chi connectivity index (χ2v) is 6.07. The van der Waals surface area contributed by atoms with Gasteiger partial charge in [0.1, 0.15) is 11.3 Å². The highest BCUT2D eigenvalue weighted by Crippen LogP contribution is 2.22. The van der Waals surface area contributed by atoms with E-state index >= 15 is 0 Å². The summed E-state index contributed by atoms with van der Waals surface area (Å²) in [4.78, 5) is 40.5. The van der Waals surface area contributed by atoms with E-state index in [2.05, 4.69) is 15.4 Å². The smallest absolute Gasteiger partial charge is 0.279 e. The fraction of sp³-hybridized carbons (Fsp3) is 0.235. The molecule has 1 aliphatic carbocycles. The van der Waals surface area contributed by atoms with Gasteiger partial charge in [-0.15, -0.1) is 0 Å². The number of carbonyl (C=O) groups excluding carboxylic acids is 1. The molecule has 0 atom stereocenters. The number of para-hydroxylation sites is 2. The van der Waals surface area contributed by atoms with Crippen molar-refractivity contribution in [3.8, 4) is 5.75 Å². The third-order valence-corrected chi connectivity index (χ3v) is 4.48. The van der Waals surface area contributed by atoms with Crippen LogP contribution in [0, 0.1) is 0 Å². The van der Waals surface area contributed by atoms with E-state index in [1.165, 1.54) is 12.1 Å². The van der Waals surface area contributed by atoms with E-state index in [9.17, 15) is 19.5 Å². The summed E-state index contributed by atoms with van der Waals surface area (Å²) >= 11 is 0. The molecular weight excluding hydrogens is 324 g/mol. The van der Waals surface area contributed by atoms with Gasteiger partial charge in [-0.2, -0.15) is 4.52 Å². The highest BCUT2D eigenvalue weighted by atomic mass is 16.3. The van der Waals surface area contributed by atoms with Crippen molar-refractivity contribution in [3.05, 3.63) is 61.8 Å². The van der Waals surface area contributed by atoms with Crippen LogP contribution in [0.3, 0.4) is 0 Å². The first-order valence-electron chi connectivity index (χ1n) is 8.04. The van der Waals surface area contributed by atoms with Crippen LogP contribution in [-0.4, -0.2) is 25.6 Å². The van der Waals surface area contributed by atoms with Gasteiger partial charge in [-0.25, -0.2) is 0 Å². The number of carbonyl (C=O) groups is 1. The van der Waals surface area contributed by atoms with E-state index in [-0.39, 0.29) is 28.2 Å². The number of hydrogen-bond donors (Lipinski definition) is 4. The molecule has 0 aliphatic heterocycles. The number of phenols is 1. The second kappa shape index (κ2) is 5.66. The molecule has 128 valence electrons. The number of nitrogens with zero attached hydrogens (tertiary/aromatic N) is 1. The van der Waals surface area contributed by atoms with Gasteiger partial charge in [-0.1, -0.05) is 12.1 Å². The third-order valence-electron chi connectivity index (χ3n) is 4.48. The van der Waals surface area contributed by atoms with Crippen LogP contribution >= 0.6 is 0 Å². The molecule has 1 amide bonds. The van der Waals surface area contributed by atoms with Gasteiger partial charge < -0.3 is 15.4 Å². The first kappa shape index (κ1) is 15.3. The lowest BCUT2D eigenvalue weighted by Gasteiger charge is -2.15. The summed E-state index contributed by atoms with van der Waals surface area (Å²) in [7, 11) is 0. The minimum Gasteiger partial charge on any atom is -0.506 e. The Bertz CT molecular complexity index is 1110. The van der Waals surface area contributed by atoms with E-state index in [0.717, 1.165) is 23.1 Å². The summed E-state index contributed by atoms with van der Waals surface area (Å²) in [6.45, 7) is 0. The molecule has 0 unspecified atom stereocenters. The summed E-state index contributed by atoms with van der Waals surface area (Å²) in [5.74, 6) is -0.807. The topological polar surface area (TPSA) is 119 Å². The maximum Gasteiger partial charge on any atom is 0.279 e. The van der Waals surface area contributed by atoms with Crippen molar-refractivity contribution >= 4 is 17.2 Å². The Morgan fingerprint density at radius 2 is 1.92 bits per heavy atom. The molecule has 4 N–H and O–H groups in total. The molecule has 2 heterocycles. The lowest BCUT2D eigenvalue weighted by Crippen LogP contribution is -2.25. The summed E-state index contributed by atoms with van der Waals surface area (Å²) in [5.41, 5.74) is 0.596.